The van der Waals surface area contributed by atoms with Crippen LogP contribution in [0.15, 0.2) is 23.7 Å². The van der Waals surface area contributed by atoms with Crippen LogP contribution in [0, 0.1) is 5.92 Å². The van der Waals surface area contributed by atoms with E-state index in [2.05, 4.69) is 35.3 Å². The lowest BCUT2D eigenvalue weighted by Gasteiger charge is -2.10. The van der Waals surface area contributed by atoms with Crippen LogP contribution in [0.2, 0.25) is 0 Å². The Hall–Kier alpha value is -1.13. The Morgan fingerprint density at radius 1 is 1.50 bits per heavy atom. The van der Waals surface area contributed by atoms with Gasteiger partial charge in [0, 0.05) is 0 Å². The third-order valence-corrected chi connectivity index (χ3v) is 3.36. The first kappa shape index (κ1) is 11.4. The minimum absolute atomic E-state index is 0.00807. The lowest BCUT2D eigenvalue weighted by molar-refractivity contribution is 0.496. The van der Waals surface area contributed by atoms with E-state index in [1.165, 1.54) is 4.88 Å². The van der Waals surface area contributed by atoms with E-state index in [0.29, 0.717) is 5.92 Å². The van der Waals surface area contributed by atoms with Crippen LogP contribution >= 0.6 is 11.3 Å². The molecule has 0 radical (unpaired) electrons. The van der Waals surface area contributed by atoms with Gasteiger partial charge in [-0.2, -0.15) is 0 Å². The molecular weight excluding hydrogens is 218 g/mol. The summed E-state index contributed by atoms with van der Waals surface area (Å²) in [6.07, 6.45) is 2.82. The maximum Gasteiger partial charge on any atom is 0.123 e. The van der Waals surface area contributed by atoms with Gasteiger partial charge in [0.05, 0.1) is 22.8 Å². The molecule has 0 aliphatic heterocycles. The zero-order valence-electron chi connectivity index (χ0n) is 9.60. The van der Waals surface area contributed by atoms with Crippen LogP contribution in [0.5, 0.6) is 0 Å². The molecule has 2 rings (SSSR count). The number of nitrogens with two attached hydrogens (primary N) is 1. The summed E-state index contributed by atoms with van der Waals surface area (Å²) in [5.74, 6) is 1.47. The molecule has 1 atom stereocenters. The van der Waals surface area contributed by atoms with Gasteiger partial charge in [-0.15, -0.1) is 11.3 Å². The fraction of sp³-hybridized carbons (Fsp3) is 0.417. The van der Waals surface area contributed by atoms with E-state index in [4.69, 9.17) is 5.73 Å². The molecule has 2 aromatic heterocycles. The van der Waals surface area contributed by atoms with Crippen molar-refractivity contribution >= 4 is 11.3 Å². The maximum absolute atomic E-state index is 6.07. The van der Waals surface area contributed by atoms with Crippen LogP contribution in [0.3, 0.4) is 0 Å². The van der Waals surface area contributed by atoms with E-state index in [1.54, 1.807) is 11.3 Å². The number of imidazole rings is 1. The number of nitrogens with zero attached hydrogens (tertiary/aromatic N) is 1. The van der Waals surface area contributed by atoms with Gasteiger partial charge in [0.25, 0.3) is 0 Å². The van der Waals surface area contributed by atoms with Gasteiger partial charge in [-0.1, -0.05) is 19.9 Å². The first-order chi connectivity index (χ1) is 7.66. The van der Waals surface area contributed by atoms with Crippen molar-refractivity contribution in [2.75, 3.05) is 0 Å². The number of nitrogens with one attached hydrogen (secondary N) is 1. The van der Waals surface area contributed by atoms with Crippen molar-refractivity contribution in [1.29, 1.82) is 0 Å². The molecule has 86 valence electrons. The molecule has 3 nitrogen and oxygen atoms in total. The molecule has 4 heteroatoms. The number of aromatic nitrogens is 2. The predicted molar refractivity (Wildman–Crippen MR) is 68.3 cm³/mol. The van der Waals surface area contributed by atoms with E-state index < -0.39 is 0 Å². The van der Waals surface area contributed by atoms with Crippen molar-refractivity contribution in [2.45, 2.75) is 26.3 Å². The van der Waals surface area contributed by atoms with E-state index in [0.717, 1.165) is 17.9 Å². The summed E-state index contributed by atoms with van der Waals surface area (Å²) in [6, 6.07) is 4.12. The Morgan fingerprint density at radius 2 is 2.31 bits per heavy atom. The van der Waals surface area contributed by atoms with Gasteiger partial charge in [-0.25, -0.2) is 4.98 Å². The number of rotatable bonds is 4. The minimum atomic E-state index is 0.00807. The summed E-state index contributed by atoms with van der Waals surface area (Å²) in [5, 5.41) is 2.06. The Kier molecular flexibility index (Phi) is 3.41. The van der Waals surface area contributed by atoms with Gasteiger partial charge in [0.1, 0.15) is 5.82 Å². The largest absolute Gasteiger partial charge is 0.340 e. The molecule has 3 N–H and O–H groups in total. The quantitative estimate of drug-likeness (QED) is 0.855. The van der Waals surface area contributed by atoms with Crippen LogP contribution in [-0.2, 0) is 0 Å². The van der Waals surface area contributed by atoms with E-state index in [9.17, 15) is 0 Å². The van der Waals surface area contributed by atoms with Crippen LogP contribution in [0.25, 0.3) is 10.6 Å². The molecule has 0 bridgehead atoms. The third-order valence-electron chi connectivity index (χ3n) is 2.46. The van der Waals surface area contributed by atoms with Crippen molar-refractivity contribution in [3.63, 3.8) is 0 Å². The number of aromatic amines is 1. The van der Waals surface area contributed by atoms with Crippen LogP contribution in [0.4, 0.5) is 0 Å². The van der Waals surface area contributed by atoms with E-state index >= 15 is 0 Å². The molecule has 0 aliphatic rings. The summed E-state index contributed by atoms with van der Waals surface area (Å²) < 4.78 is 0. The molecule has 2 heterocycles. The summed E-state index contributed by atoms with van der Waals surface area (Å²) in [5.41, 5.74) is 7.13. The van der Waals surface area contributed by atoms with Crippen LogP contribution < -0.4 is 5.73 Å². The van der Waals surface area contributed by atoms with Gasteiger partial charge in [-0.05, 0) is 23.8 Å². The molecule has 0 fully saturated rings. The summed E-state index contributed by atoms with van der Waals surface area (Å²) in [4.78, 5) is 8.85. The highest BCUT2D eigenvalue weighted by Crippen LogP contribution is 2.24. The van der Waals surface area contributed by atoms with Crippen LogP contribution in [0.1, 0.15) is 32.1 Å². The molecule has 0 aliphatic carbocycles. The number of thiophene rings is 1. The lowest BCUT2D eigenvalue weighted by atomic mass is 10.0. The maximum atomic E-state index is 6.07. The van der Waals surface area contributed by atoms with Gasteiger partial charge in [0.2, 0.25) is 0 Å². The predicted octanol–water partition coefficient (Wildman–Crippen LogP) is 3.18. The molecule has 2 aromatic rings. The van der Waals surface area contributed by atoms with Crippen LogP contribution in [-0.4, -0.2) is 9.97 Å². The molecule has 1 unspecified atom stereocenters. The zero-order valence-corrected chi connectivity index (χ0v) is 10.4. The number of hydrogen-bond acceptors (Lipinski definition) is 3. The first-order valence-electron chi connectivity index (χ1n) is 5.51. The summed E-state index contributed by atoms with van der Waals surface area (Å²) in [6.45, 7) is 4.34. The standard InChI is InChI=1S/C12H17N3S/c1-8(2)6-9(13)12-14-7-10(15-12)11-4-3-5-16-11/h3-5,7-9H,6,13H2,1-2H3,(H,14,15). The Balaban J connectivity index is 2.13. The lowest BCUT2D eigenvalue weighted by Crippen LogP contribution is -2.14. The second-order valence-corrected chi connectivity index (χ2v) is 5.34. The highest BCUT2D eigenvalue weighted by atomic mass is 32.1. The van der Waals surface area contributed by atoms with Crippen molar-refractivity contribution in [1.82, 2.24) is 9.97 Å². The second kappa shape index (κ2) is 4.80. The first-order valence-corrected chi connectivity index (χ1v) is 6.39. The Bertz CT molecular complexity index is 431. The molecule has 0 saturated heterocycles. The summed E-state index contributed by atoms with van der Waals surface area (Å²) in [7, 11) is 0. The van der Waals surface area contributed by atoms with E-state index in [-0.39, 0.29) is 6.04 Å². The van der Waals surface area contributed by atoms with Gasteiger partial charge >= 0.3 is 0 Å². The highest BCUT2D eigenvalue weighted by Gasteiger charge is 2.12. The van der Waals surface area contributed by atoms with Crippen molar-refractivity contribution < 1.29 is 0 Å². The monoisotopic (exact) mass is 235 g/mol. The smallest absolute Gasteiger partial charge is 0.123 e. The van der Waals surface area contributed by atoms with Gasteiger partial charge in [-0.3, -0.25) is 0 Å². The second-order valence-electron chi connectivity index (χ2n) is 4.40. The number of H-pyrrole nitrogens is 1. The minimum Gasteiger partial charge on any atom is -0.340 e. The van der Waals surface area contributed by atoms with E-state index in [1.807, 2.05) is 12.3 Å². The fourth-order valence-corrected chi connectivity index (χ4v) is 2.39. The number of hydrogen-bond donors (Lipinski definition) is 2. The Morgan fingerprint density at radius 3 is 2.94 bits per heavy atom. The molecule has 16 heavy (non-hydrogen) atoms. The topological polar surface area (TPSA) is 54.7 Å². The Labute approximate surface area is 99.7 Å². The average molecular weight is 235 g/mol. The molecular formula is C12H17N3S. The molecule has 0 spiro atoms. The van der Waals surface area contributed by atoms with Crippen molar-refractivity contribution in [2.24, 2.45) is 11.7 Å². The molecule has 0 saturated carbocycles. The average Bonchev–Trinajstić information content (AvgIpc) is 2.87. The van der Waals surface area contributed by atoms with Crippen molar-refractivity contribution in [3.05, 3.63) is 29.5 Å². The highest BCUT2D eigenvalue weighted by molar-refractivity contribution is 7.13. The molecule has 0 aromatic carbocycles. The zero-order chi connectivity index (χ0) is 11.5. The SMILES string of the molecule is CC(C)CC(N)c1ncc(-c2cccs2)[nH]1. The third kappa shape index (κ3) is 2.51. The van der Waals surface area contributed by atoms with Gasteiger partial charge < -0.3 is 10.7 Å². The molecule has 0 amide bonds. The van der Waals surface area contributed by atoms with Gasteiger partial charge in [0.15, 0.2) is 0 Å². The normalized spacial score (nSPS) is 13.2. The summed E-state index contributed by atoms with van der Waals surface area (Å²) >= 11 is 1.70. The van der Waals surface area contributed by atoms with Crippen molar-refractivity contribution in [3.8, 4) is 10.6 Å². The fourth-order valence-electron chi connectivity index (χ4n) is 1.70.